The Labute approximate surface area is 357 Å². The molecule has 8 atom stereocenters. The van der Waals surface area contributed by atoms with Crippen molar-refractivity contribution in [3.63, 3.8) is 0 Å². The van der Waals surface area contributed by atoms with Crippen LogP contribution in [0.5, 0.6) is 0 Å². The van der Waals surface area contributed by atoms with E-state index in [1.807, 2.05) is 108 Å². The number of hydrogen-bond donors (Lipinski definition) is 4. The van der Waals surface area contributed by atoms with Crippen LogP contribution in [0.1, 0.15) is 80.4 Å². The SMILES string of the molecule is C.C.CC(C)(C)[Si](C)(C)O[C@@H]1C(=O)C=C[C@]2(CC(=O)N2OCc2ccccc2)[C@@H]1O.CC(C)(C)[Si](C)(C)O[C@@H]1C(=O)[C@@H](O)[C@@H](O)[C@]2(CC(=O)N2OCc2ccccc2)[C@@H]1O. The Kier molecular flexibility index (Phi) is 15.7. The molecular formula is C44H68N2O12Si2. The summed E-state index contributed by atoms with van der Waals surface area (Å²) in [4.78, 5) is 61.2. The number of Topliss-reactive ketones (excluding diaryl/α,β-unsaturated/α-hetero) is 1. The van der Waals surface area contributed by atoms with Crippen LogP contribution in [0, 0.1) is 0 Å². The Morgan fingerprint density at radius 2 is 1.07 bits per heavy atom. The van der Waals surface area contributed by atoms with E-state index in [9.17, 15) is 39.6 Å². The number of aliphatic hydroxyl groups excluding tert-OH is 4. The predicted octanol–water partition coefficient (Wildman–Crippen LogP) is 5.40. The standard InChI is InChI=1S/C21H31NO7Si.C21H29NO5Si.2CH4/c1-20(2,3)30(4,5)29-17-15(24)16(25)18(26)21(19(17)27)11-14(23)22(21)28-12-13-9-7-6-8-10-13;1-20(2,3)28(4,5)27-18-16(23)11-12-21(19(18)25)13-17(24)22(21)26-14-15-9-7-6-8-10-15;;/h6-10,16-19,25-27H,11-12H2,1-5H3;6-12,18-19,25H,13-14H2,1-5H3;2*1H4/t16-,17-,18-,19-,21-;18-,19-,21+;;/m11../s1. The van der Waals surface area contributed by atoms with E-state index < -0.39 is 76.0 Å². The van der Waals surface area contributed by atoms with E-state index in [0.717, 1.165) is 16.2 Å². The second kappa shape index (κ2) is 18.5. The van der Waals surface area contributed by atoms with Crippen molar-refractivity contribution in [3.8, 4) is 0 Å². The van der Waals surface area contributed by atoms with Crippen molar-refractivity contribution in [1.29, 1.82) is 0 Å². The molecule has 4 N–H and O–H groups in total. The molecule has 0 aromatic heterocycles. The van der Waals surface area contributed by atoms with Crippen LogP contribution in [-0.4, -0.2) is 118 Å². The average Bonchev–Trinajstić information content (AvgIpc) is 3.14. The molecule has 2 aromatic rings. The molecule has 2 aliphatic heterocycles. The predicted molar refractivity (Wildman–Crippen MR) is 232 cm³/mol. The molecular weight excluding hydrogens is 805 g/mol. The van der Waals surface area contributed by atoms with Crippen LogP contribution in [-0.2, 0) is 50.9 Å². The van der Waals surface area contributed by atoms with Gasteiger partial charge in [-0.05, 0) is 59.5 Å². The molecule has 2 heterocycles. The molecule has 2 amide bonds. The van der Waals surface area contributed by atoms with Gasteiger partial charge in [-0.1, -0.05) is 117 Å². The molecule has 6 rings (SSSR count). The second-order valence-electron chi connectivity index (χ2n) is 18.7. The average molecular weight is 873 g/mol. The van der Waals surface area contributed by atoms with Gasteiger partial charge >= 0.3 is 0 Å². The molecule has 2 aliphatic carbocycles. The van der Waals surface area contributed by atoms with E-state index in [1.165, 1.54) is 11.1 Å². The minimum atomic E-state index is -2.51. The van der Waals surface area contributed by atoms with Crippen molar-refractivity contribution in [1.82, 2.24) is 10.1 Å². The van der Waals surface area contributed by atoms with Gasteiger partial charge in [0.05, 0.1) is 12.8 Å². The van der Waals surface area contributed by atoms with E-state index in [0.29, 0.717) is 0 Å². The Hall–Kier alpha value is -3.43. The fourth-order valence-electron chi connectivity index (χ4n) is 6.93. The molecule has 2 aromatic carbocycles. The van der Waals surface area contributed by atoms with Crippen molar-refractivity contribution in [3.05, 3.63) is 83.9 Å². The Morgan fingerprint density at radius 1 is 0.633 bits per heavy atom. The highest BCUT2D eigenvalue weighted by Crippen LogP contribution is 2.48. The van der Waals surface area contributed by atoms with Gasteiger partial charge in [-0.3, -0.25) is 28.9 Å². The van der Waals surface area contributed by atoms with Crippen molar-refractivity contribution in [2.24, 2.45) is 0 Å². The molecule has 3 fully saturated rings. The first-order valence-corrected chi connectivity index (χ1v) is 25.5. The van der Waals surface area contributed by atoms with Gasteiger partial charge in [0.2, 0.25) is 11.8 Å². The van der Waals surface area contributed by atoms with Gasteiger partial charge in [0.25, 0.3) is 0 Å². The summed E-state index contributed by atoms with van der Waals surface area (Å²) in [6.45, 7) is 20.3. The topological polar surface area (TPSA) is 193 Å². The molecule has 2 spiro atoms. The number of nitrogens with zero attached hydrogens (tertiary/aromatic N) is 2. The van der Waals surface area contributed by atoms with Crippen LogP contribution in [0.4, 0.5) is 0 Å². The van der Waals surface area contributed by atoms with Gasteiger partial charge in [0.1, 0.15) is 60.9 Å². The number of aliphatic hydroxyl groups is 4. The minimum Gasteiger partial charge on any atom is -0.404 e. The Morgan fingerprint density at radius 3 is 1.50 bits per heavy atom. The molecule has 334 valence electrons. The summed E-state index contributed by atoms with van der Waals surface area (Å²) in [6, 6.07) is 18.6. The van der Waals surface area contributed by atoms with Gasteiger partial charge in [-0.15, -0.1) is 0 Å². The maximum absolute atomic E-state index is 12.7. The largest absolute Gasteiger partial charge is 0.404 e. The third-order valence-electron chi connectivity index (χ3n) is 12.7. The third-order valence-corrected chi connectivity index (χ3v) is 21.6. The Bertz CT molecular complexity index is 1870. The zero-order valence-corrected chi connectivity index (χ0v) is 37.2. The second-order valence-corrected chi connectivity index (χ2v) is 28.3. The number of amides is 2. The first kappa shape index (κ1) is 50.9. The lowest BCUT2D eigenvalue weighted by Gasteiger charge is -2.59. The minimum absolute atomic E-state index is 0. The van der Waals surface area contributed by atoms with Crippen LogP contribution in [0.2, 0.25) is 36.3 Å². The van der Waals surface area contributed by atoms with Gasteiger partial charge in [-0.25, -0.2) is 10.1 Å². The van der Waals surface area contributed by atoms with Crippen molar-refractivity contribution < 1.29 is 58.1 Å². The lowest BCUT2D eigenvalue weighted by Crippen LogP contribution is -2.82. The van der Waals surface area contributed by atoms with Crippen LogP contribution in [0.15, 0.2) is 72.8 Å². The lowest BCUT2D eigenvalue weighted by molar-refractivity contribution is -0.319. The van der Waals surface area contributed by atoms with Crippen LogP contribution < -0.4 is 0 Å². The first-order valence-electron chi connectivity index (χ1n) is 19.7. The highest BCUT2D eigenvalue weighted by Gasteiger charge is 2.70. The number of benzene rings is 2. The molecule has 1 saturated carbocycles. The number of hydroxylamine groups is 4. The number of ketones is 2. The Balaban J connectivity index is 0.000000311. The van der Waals surface area contributed by atoms with Crippen LogP contribution in [0.25, 0.3) is 0 Å². The monoisotopic (exact) mass is 872 g/mol. The fourth-order valence-corrected chi connectivity index (χ4v) is 9.39. The van der Waals surface area contributed by atoms with E-state index in [4.69, 9.17) is 18.5 Å². The zero-order chi connectivity index (χ0) is 43.2. The summed E-state index contributed by atoms with van der Waals surface area (Å²) >= 11 is 0. The fraction of sp³-hybridized carbons (Fsp3) is 0.591. The van der Waals surface area contributed by atoms with E-state index in [-0.39, 0.29) is 62.7 Å². The summed E-state index contributed by atoms with van der Waals surface area (Å²) in [7, 11) is -4.80. The van der Waals surface area contributed by atoms with Crippen molar-refractivity contribution in [2.75, 3.05) is 0 Å². The quantitative estimate of drug-likeness (QED) is 0.176. The number of hydrogen-bond acceptors (Lipinski definition) is 12. The number of rotatable bonds is 10. The summed E-state index contributed by atoms with van der Waals surface area (Å²) in [5.41, 5.74) is -1.01. The van der Waals surface area contributed by atoms with Gasteiger partial charge in [0.15, 0.2) is 28.2 Å². The summed E-state index contributed by atoms with van der Waals surface area (Å²) in [5.74, 6) is -1.73. The highest BCUT2D eigenvalue weighted by molar-refractivity contribution is 6.74. The maximum Gasteiger partial charge on any atom is 0.249 e. The molecule has 0 unspecified atom stereocenters. The van der Waals surface area contributed by atoms with Gasteiger partial charge < -0.3 is 29.3 Å². The molecule has 60 heavy (non-hydrogen) atoms. The number of carbonyl (C=O) groups excluding carboxylic acids is 4. The molecule has 4 aliphatic rings. The molecule has 14 nitrogen and oxygen atoms in total. The maximum atomic E-state index is 12.7. The van der Waals surface area contributed by atoms with Crippen molar-refractivity contribution >= 4 is 40.0 Å². The molecule has 0 radical (unpaired) electrons. The van der Waals surface area contributed by atoms with E-state index in [2.05, 4.69) is 20.8 Å². The molecule has 0 bridgehead atoms. The smallest absolute Gasteiger partial charge is 0.249 e. The highest BCUT2D eigenvalue weighted by atomic mass is 28.4. The van der Waals surface area contributed by atoms with Crippen LogP contribution >= 0.6 is 0 Å². The molecule has 2 saturated heterocycles. The number of carbonyl (C=O) groups is 4. The first-order chi connectivity index (χ1) is 26.8. The van der Waals surface area contributed by atoms with Gasteiger partial charge in [0, 0.05) is 0 Å². The normalized spacial score (nSPS) is 29.3. The number of β-lactam (4-membered cyclic amide) rings is 2. The van der Waals surface area contributed by atoms with Crippen LogP contribution in [0.3, 0.4) is 0 Å². The third kappa shape index (κ3) is 9.48. The summed E-state index contributed by atoms with van der Waals surface area (Å²) < 4.78 is 12.4. The van der Waals surface area contributed by atoms with E-state index >= 15 is 0 Å². The summed E-state index contributed by atoms with van der Waals surface area (Å²) in [5, 5.41) is 45.1. The zero-order valence-electron chi connectivity index (χ0n) is 35.2. The van der Waals surface area contributed by atoms with E-state index in [1.54, 1.807) is 6.08 Å². The lowest BCUT2D eigenvalue weighted by atomic mass is 9.67. The molecule has 16 heteroatoms. The summed E-state index contributed by atoms with van der Waals surface area (Å²) in [6.07, 6.45) is -5.73. The van der Waals surface area contributed by atoms with Gasteiger partial charge in [-0.2, -0.15) is 0 Å². The van der Waals surface area contributed by atoms with Crippen molar-refractivity contribution in [2.45, 2.75) is 166 Å².